The van der Waals surface area contributed by atoms with Gasteiger partial charge in [0, 0.05) is 43.3 Å². The number of nitrogens with one attached hydrogen (secondary N) is 1. The molecule has 0 spiro atoms. The zero-order valence-corrected chi connectivity index (χ0v) is 20.8. The summed E-state index contributed by atoms with van der Waals surface area (Å²) in [7, 11) is 1.65. The molecule has 0 bridgehead atoms. The molecule has 8 nitrogen and oxygen atoms in total. The average molecular weight is 500 g/mol. The summed E-state index contributed by atoms with van der Waals surface area (Å²) in [5.41, 5.74) is 1.95. The number of methoxy groups -OCH3 is 1. The lowest BCUT2D eigenvalue weighted by Crippen LogP contribution is -2.48. The number of para-hydroxylation sites is 2. The number of carbonyl (C=O) groups is 2. The molecule has 5 rings (SSSR count). The van der Waals surface area contributed by atoms with E-state index in [0.29, 0.717) is 48.6 Å². The van der Waals surface area contributed by atoms with E-state index in [1.807, 2.05) is 60.7 Å². The number of furan rings is 1. The molecule has 1 aromatic heterocycles. The Morgan fingerprint density at radius 1 is 0.892 bits per heavy atom. The van der Waals surface area contributed by atoms with Crippen molar-refractivity contribution in [3.05, 3.63) is 84.6 Å². The molecule has 0 radical (unpaired) electrons. The van der Waals surface area contributed by atoms with Crippen LogP contribution in [0.25, 0.3) is 11.0 Å². The third kappa shape index (κ3) is 5.23. The van der Waals surface area contributed by atoms with Gasteiger partial charge in [0.1, 0.15) is 22.8 Å². The van der Waals surface area contributed by atoms with Crippen LogP contribution in [0.4, 0.5) is 11.4 Å². The summed E-state index contributed by atoms with van der Waals surface area (Å²) in [5.74, 6) is 0.883. The first-order chi connectivity index (χ1) is 18.0. The van der Waals surface area contributed by atoms with Crippen LogP contribution in [-0.4, -0.2) is 56.1 Å². The second-order valence-electron chi connectivity index (χ2n) is 8.85. The number of hydrogen-bond donors (Lipinski definition) is 1. The number of piperazine rings is 1. The summed E-state index contributed by atoms with van der Waals surface area (Å²) in [6, 6.07) is 24.3. The van der Waals surface area contributed by atoms with E-state index in [-0.39, 0.29) is 17.6 Å². The zero-order valence-electron chi connectivity index (χ0n) is 20.8. The summed E-state index contributed by atoms with van der Waals surface area (Å²) in [6.45, 7) is 4.05. The lowest BCUT2D eigenvalue weighted by Gasteiger charge is -2.36. The number of benzene rings is 3. The molecule has 1 saturated heterocycles. The van der Waals surface area contributed by atoms with E-state index in [1.54, 1.807) is 37.1 Å². The van der Waals surface area contributed by atoms with E-state index in [0.717, 1.165) is 11.4 Å². The molecule has 8 heteroatoms. The fraction of sp³-hybridized carbons (Fsp3) is 0.241. The third-order valence-electron chi connectivity index (χ3n) is 6.45. The van der Waals surface area contributed by atoms with Gasteiger partial charge in [0.15, 0.2) is 6.10 Å². The summed E-state index contributed by atoms with van der Waals surface area (Å²) in [6.07, 6.45) is -0.773. The van der Waals surface area contributed by atoms with Crippen molar-refractivity contribution in [2.75, 3.05) is 43.5 Å². The van der Waals surface area contributed by atoms with Crippen molar-refractivity contribution in [2.45, 2.75) is 13.0 Å². The fourth-order valence-electron chi connectivity index (χ4n) is 4.42. The molecule has 4 aromatic rings. The molecule has 1 aliphatic rings. The lowest BCUT2D eigenvalue weighted by molar-refractivity contribution is -0.122. The van der Waals surface area contributed by atoms with Crippen LogP contribution in [0.3, 0.4) is 0 Å². The van der Waals surface area contributed by atoms with E-state index >= 15 is 0 Å². The van der Waals surface area contributed by atoms with Crippen LogP contribution >= 0.6 is 0 Å². The molecule has 0 saturated carbocycles. The second-order valence-corrected chi connectivity index (χ2v) is 8.85. The Balaban J connectivity index is 1.32. The Hall–Kier alpha value is -4.46. The van der Waals surface area contributed by atoms with Crippen molar-refractivity contribution >= 4 is 34.2 Å². The highest BCUT2D eigenvalue weighted by atomic mass is 16.5. The largest absolute Gasteiger partial charge is 0.497 e. The topological polar surface area (TPSA) is 84.3 Å². The summed E-state index contributed by atoms with van der Waals surface area (Å²) >= 11 is 0. The predicted octanol–water partition coefficient (Wildman–Crippen LogP) is 4.81. The Morgan fingerprint density at radius 3 is 2.35 bits per heavy atom. The number of amides is 2. The van der Waals surface area contributed by atoms with Gasteiger partial charge in [-0.05, 0) is 43.3 Å². The Morgan fingerprint density at radius 2 is 1.59 bits per heavy atom. The van der Waals surface area contributed by atoms with Gasteiger partial charge in [0.2, 0.25) is 5.76 Å². The predicted molar refractivity (Wildman–Crippen MR) is 142 cm³/mol. The molecule has 1 aliphatic heterocycles. The molecule has 1 N–H and O–H groups in total. The van der Waals surface area contributed by atoms with E-state index in [2.05, 4.69) is 10.2 Å². The average Bonchev–Trinajstić information content (AvgIpc) is 3.31. The standard InChI is InChI=1S/C29H29N3O5/c1-20(36-22-10-4-3-5-11-22)28(33)30-26-24-13-6-7-14-25(24)37-27(26)29(34)32-17-15-31(16-18-32)21-9-8-12-23(19-21)35-2/h3-14,19-20H,15-18H2,1-2H3,(H,30,33). The quantitative estimate of drug-likeness (QED) is 0.393. The molecular formula is C29H29N3O5. The molecule has 1 atom stereocenters. The molecule has 190 valence electrons. The number of anilines is 2. The number of fused-ring (bicyclic) bond motifs is 1. The SMILES string of the molecule is COc1cccc(N2CCN(C(=O)c3oc4ccccc4c3NC(=O)C(C)Oc3ccccc3)CC2)c1. The maximum atomic E-state index is 13.6. The van der Waals surface area contributed by atoms with E-state index in [9.17, 15) is 9.59 Å². The van der Waals surface area contributed by atoms with Gasteiger partial charge in [-0.25, -0.2) is 0 Å². The van der Waals surface area contributed by atoms with Crippen LogP contribution in [0.5, 0.6) is 11.5 Å². The van der Waals surface area contributed by atoms with Gasteiger partial charge in [-0.3, -0.25) is 9.59 Å². The minimum atomic E-state index is -0.773. The summed E-state index contributed by atoms with van der Waals surface area (Å²) in [5, 5.41) is 3.56. The molecule has 2 amide bonds. The van der Waals surface area contributed by atoms with Crippen molar-refractivity contribution in [1.82, 2.24) is 4.90 Å². The minimum Gasteiger partial charge on any atom is -0.497 e. The normalized spacial score (nSPS) is 14.3. The van der Waals surface area contributed by atoms with Gasteiger partial charge in [-0.15, -0.1) is 0 Å². The first kappa shape index (κ1) is 24.2. The highest BCUT2D eigenvalue weighted by Gasteiger charge is 2.30. The summed E-state index contributed by atoms with van der Waals surface area (Å²) < 4.78 is 17.1. The number of carbonyl (C=O) groups excluding carboxylic acids is 2. The minimum absolute atomic E-state index is 0.122. The van der Waals surface area contributed by atoms with Crippen molar-refractivity contribution in [3.63, 3.8) is 0 Å². The van der Waals surface area contributed by atoms with Gasteiger partial charge >= 0.3 is 0 Å². The van der Waals surface area contributed by atoms with Crippen LogP contribution in [0.15, 0.2) is 83.3 Å². The lowest BCUT2D eigenvalue weighted by atomic mass is 10.2. The first-order valence-electron chi connectivity index (χ1n) is 12.3. The Bertz CT molecular complexity index is 1390. The van der Waals surface area contributed by atoms with E-state index < -0.39 is 6.10 Å². The van der Waals surface area contributed by atoms with Gasteiger partial charge < -0.3 is 29.0 Å². The maximum Gasteiger partial charge on any atom is 0.291 e. The first-order valence-corrected chi connectivity index (χ1v) is 12.3. The van der Waals surface area contributed by atoms with Crippen LogP contribution in [-0.2, 0) is 4.79 Å². The van der Waals surface area contributed by atoms with E-state index in [4.69, 9.17) is 13.9 Å². The van der Waals surface area contributed by atoms with Crippen molar-refractivity contribution in [1.29, 1.82) is 0 Å². The molecule has 2 heterocycles. The smallest absolute Gasteiger partial charge is 0.291 e. The Labute approximate surface area is 215 Å². The van der Waals surface area contributed by atoms with Crippen LogP contribution < -0.4 is 19.7 Å². The van der Waals surface area contributed by atoms with Gasteiger partial charge in [-0.2, -0.15) is 0 Å². The van der Waals surface area contributed by atoms with Crippen molar-refractivity contribution in [3.8, 4) is 11.5 Å². The van der Waals surface area contributed by atoms with Crippen molar-refractivity contribution in [2.24, 2.45) is 0 Å². The number of rotatable bonds is 7. The van der Waals surface area contributed by atoms with Gasteiger partial charge in [0.25, 0.3) is 11.8 Å². The molecule has 3 aromatic carbocycles. The van der Waals surface area contributed by atoms with Crippen LogP contribution in [0.1, 0.15) is 17.5 Å². The fourth-order valence-corrected chi connectivity index (χ4v) is 4.42. The zero-order chi connectivity index (χ0) is 25.8. The van der Waals surface area contributed by atoms with Crippen LogP contribution in [0.2, 0.25) is 0 Å². The highest BCUT2D eigenvalue weighted by Crippen LogP contribution is 2.32. The summed E-state index contributed by atoms with van der Waals surface area (Å²) in [4.78, 5) is 30.6. The van der Waals surface area contributed by atoms with Crippen molar-refractivity contribution < 1.29 is 23.5 Å². The third-order valence-corrected chi connectivity index (χ3v) is 6.45. The Kier molecular flexibility index (Phi) is 6.98. The van der Waals surface area contributed by atoms with Gasteiger partial charge in [0.05, 0.1) is 7.11 Å². The van der Waals surface area contributed by atoms with Gasteiger partial charge in [-0.1, -0.05) is 36.4 Å². The monoisotopic (exact) mass is 499 g/mol. The van der Waals surface area contributed by atoms with E-state index in [1.165, 1.54) is 0 Å². The molecule has 0 aliphatic carbocycles. The second kappa shape index (κ2) is 10.7. The number of nitrogens with zero attached hydrogens (tertiary/aromatic N) is 2. The number of hydrogen-bond acceptors (Lipinski definition) is 6. The molecule has 37 heavy (non-hydrogen) atoms. The number of ether oxygens (including phenoxy) is 2. The maximum absolute atomic E-state index is 13.6. The molecular weight excluding hydrogens is 470 g/mol. The molecule has 1 fully saturated rings. The highest BCUT2D eigenvalue weighted by molar-refractivity contribution is 6.11. The molecule has 1 unspecified atom stereocenters. The van der Waals surface area contributed by atoms with Crippen LogP contribution in [0, 0.1) is 0 Å².